The van der Waals surface area contributed by atoms with E-state index in [0.29, 0.717) is 0 Å². The number of para-hydroxylation sites is 1. The number of nitrogens with zero attached hydrogens (tertiary/aromatic N) is 3. The first-order chi connectivity index (χ1) is 22.3. The third-order valence-corrected chi connectivity index (χ3v) is 11.0. The molecule has 6 aromatic carbocycles. The van der Waals surface area contributed by atoms with Crippen molar-refractivity contribution < 1.29 is 0 Å². The Bertz CT molecular complexity index is 2770. The monoisotopic (exact) mass is 609 g/mol. The van der Waals surface area contributed by atoms with Crippen LogP contribution in [0.25, 0.3) is 90.6 Å². The summed E-state index contributed by atoms with van der Waals surface area (Å²) in [5.41, 5.74) is 6.56. The number of benzene rings is 6. The van der Waals surface area contributed by atoms with Crippen molar-refractivity contribution >= 4 is 85.0 Å². The number of thiophene rings is 2. The third-order valence-electron chi connectivity index (χ3n) is 8.83. The second kappa shape index (κ2) is 9.57. The lowest BCUT2D eigenvalue weighted by molar-refractivity contribution is 1.17. The van der Waals surface area contributed by atoms with Crippen LogP contribution in [0.1, 0.15) is 0 Å². The highest BCUT2D eigenvalue weighted by atomic mass is 32.1. The molecule has 4 heterocycles. The van der Waals surface area contributed by atoms with Gasteiger partial charge in [-0.3, -0.25) is 0 Å². The molecule has 5 heteroatoms. The van der Waals surface area contributed by atoms with Crippen molar-refractivity contribution in [2.75, 3.05) is 0 Å². The molecule has 0 fully saturated rings. The van der Waals surface area contributed by atoms with Gasteiger partial charge in [0.05, 0.1) is 16.7 Å². The van der Waals surface area contributed by atoms with Gasteiger partial charge in [-0.15, -0.1) is 22.7 Å². The summed E-state index contributed by atoms with van der Waals surface area (Å²) in [5.74, 6) is 0.738. The molecule has 0 bridgehead atoms. The molecule has 4 aromatic heterocycles. The molecule has 0 spiro atoms. The maximum Gasteiger partial charge on any atom is 0.161 e. The van der Waals surface area contributed by atoms with E-state index in [0.717, 1.165) is 38.5 Å². The SMILES string of the molecule is c1ccc(-c2nc(-c3cccc(-n4c5ccccc5c5c6c(ccc54)sc4ccccc46)c3)nc3sc4ccccc4c23)cc1. The van der Waals surface area contributed by atoms with Gasteiger partial charge in [0.1, 0.15) is 4.83 Å². The lowest BCUT2D eigenvalue weighted by atomic mass is 10.1. The quantitative estimate of drug-likeness (QED) is 0.199. The van der Waals surface area contributed by atoms with Gasteiger partial charge in [0, 0.05) is 63.2 Å². The second-order valence-electron chi connectivity index (χ2n) is 11.4. The molecule has 0 amide bonds. The minimum atomic E-state index is 0.738. The summed E-state index contributed by atoms with van der Waals surface area (Å²) in [4.78, 5) is 11.5. The van der Waals surface area contributed by atoms with Gasteiger partial charge in [0.25, 0.3) is 0 Å². The number of rotatable bonds is 3. The first kappa shape index (κ1) is 25.0. The van der Waals surface area contributed by atoms with Crippen molar-refractivity contribution in [3.63, 3.8) is 0 Å². The molecule has 0 saturated heterocycles. The van der Waals surface area contributed by atoms with Gasteiger partial charge < -0.3 is 4.57 Å². The molecule has 0 aliphatic rings. The van der Waals surface area contributed by atoms with E-state index in [1.165, 1.54) is 52.1 Å². The fraction of sp³-hybridized carbons (Fsp3) is 0. The first-order valence-corrected chi connectivity index (χ1v) is 16.6. The van der Waals surface area contributed by atoms with Crippen molar-refractivity contribution in [1.29, 1.82) is 0 Å². The van der Waals surface area contributed by atoms with Crippen LogP contribution < -0.4 is 0 Å². The summed E-state index contributed by atoms with van der Waals surface area (Å²) >= 11 is 3.60. The Kier molecular flexibility index (Phi) is 5.32. The van der Waals surface area contributed by atoms with E-state index < -0.39 is 0 Å². The van der Waals surface area contributed by atoms with E-state index in [9.17, 15) is 0 Å². The molecule has 0 aliphatic heterocycles. The lowest BCUT2D eigenvalue weighted by Gasteiger charge is -2.11. The molecule has 0 atom stereocenters. The lowest BCUT2D eigenvalue weighted by Crippen LogP contribution is -1.97. The van der Waals surface area contributed by atoms with Crippen LogP contribution in [0, 0.1) is 0 Å². The molecule has 0 aliphatic carbocycles. The summed E-state index contributed by atoms with van der Waals surface area (Å²) in [6.07, 6.45) is 0. The normalized spacial score (nSPS) is 12.0. The van der Waals surface area contributed by atoms with Crippen LogP contribution in [0.5, 0.6) is 0 Å². The van der Waals surface area contributed by atoms with Gasteiger partial charge in [-0.05, 0) is 42.5 Å². The molecular weight excluding hydrogens is 587 g/mol. The zero-order valence-corrected chi connectivity index (χ0v) is 25.6. The van der Waals surface area contributed by atoms with Crippen LogP contribution in [0.3, 0.4) is 0 Å². The molecule has 3 nitrogen and oxygen atoms in total. The molecule has 0 saturated carbocycles. The first-order valence-electron chi connectivity index (χ1n) is 15.0. The summed E-state index contributed by atoms with van der Waals surface area (Å²) in [6.45, 7) is 0. The molecular formula is C40H23N3S2. The molecule has 45 heavy (non-hydrogen) atoms. The maximum absolute atomic E-state index is 5.27. The van der Waals surface area contributed by atoms with Crippen LogP contribution in [-0.2, 0) is 0 Å². The highest BCUT2D eigenvalue weighted by molar-refractivity contribution is 7.26. The second-order valence-corrected chi connectivity index (χ2v) is 13.5. The van der Waals surface area contributed by atoms with E-state index in [1.807, 2.05) is 11.3 Å². The maximum atomic E-state index is 5.27. The predicted molar refractivity (Wildman–Crippen MR) is 193 cm³/mol. The highest BCUT2D eigenvalue weighted by Gasteiger charge is 2.20. The Morgan fingerprint density at radius 1 is 0.444 bits per heavy atom. The molecule has 10 aromatic rings. The minimum absolute atomic E-state index is 0.738. The fourth-order valence-electron chi connectivity index (χ4n) is 6.89. The van der Waals surface area contributed by atoms with Crippen molar-refractivity contribution in [2.45, 2.75) is 0 Å². The zero-order valence-electron chi connectivity index (χ0n) is 23.9. The molecule has 0 radical (unpaired) electrons. The van der Waals surface area contributed by atoms with E-state index in [-0.39, 0.29) is 0 Å². The van der Waals surface area contributed by atoms with Crippen LogP contribution >= 0.6 is 22.7 Å². The highest BCUT2D eigenvalue weighted by Crippen LogP contribution is 2.44. The van der Waals surface area contributed by atoms with Gasteiger partial charge in [-0.2, -0.15) is 0 Å². The Balaban J connectivity index is 1.24. The van der Waals surface area contributed by atoms with Crippen LogP contribution in [0.4, 0.5) is 0 Å². The van der Waals surface area contributed by atoms with Gasteiger partial charge in [-0.25, -0.2) is 9.97 Å². The minimum Gasteiger partial charge on any atom is -0.309 e. The largest absolute Gasteiger partial charge is 0.309 e. The summed E-state index contributed by atoms with van der Waals surface area (Å²) in [7, 11) is 0. The van der Waals surface area contributed by atoms with Crippen LogP contribution in [0.2, 0.25) is 0 Å². The Morgan fingerprint density at radius 2 is 1.13 bits per heavy atom. The van der Waals surface area contributed by atoms with Crippen LogP contribution in [0.15, 0.2) is 140 Å². The Morgan fingerprint density at radius 3 is 1.98 bits per heavy atom. The average Bonchev–Trinajstić information content (AvgIpc) is 3.77. The summed E-state index contributed by atoms with van der Waals surface area (Å²) in [6, 6.07) is 49.8. The Hall–Kier alpha value is -5.36. The number of fused-ring (bicyclic) bond motifs is 10. The van der Waals surface area contributed by atoms with E-state index in [1.54, 1.807) is 11.3 Å². The topological polar surface area (TPSA) is 30.7 Å². The van der Waals surface area contributed by atoms with Crippen molar-refractivity contribution in [2.24, 2.45) is 0 Å². The van der Waals surface area contributed by atoms with E-state index >= 15 is 0 Å². The molecule has 0 unspecified atom stereocenters. The van der Waals surface area contributed by atoms with Crippen molar-refractivity contribution in [3.05, 3.63) is 140 Å². The van der Waals surface area contributed by atoms with Crippen molar-refractivity contribution in [3.8, 4) is 28.3 Å². The predicted octanol–water partition coefficient (Wildman–Crippen LogP) is 11.6. The van der Waals surface area contributed by atoms with Gasteiger partial charge in [0.2, 0.25) is 0 Å². The van der Waals surface area contributed by atoms with Crippen LogP contribution in [-0.4, -0.2) is 14.5 Å². The molecule has 0 N–H and O–H groups in total. The molecule has 10 rings (SSSR count). The average molecular weight is 610 g/mol. The number of aromatic nitrogens is 3. The third kappa shape index (κ3) is 3.69. The zero-order chi connectivity index (χ0) is 29.5. The van der Waals surface area contributed by atoms with Gasteiger partial charge in [0.15, 0.2) is 5.82 Å². The van der Waals surface area contributed by atoms with Crippen molar-refractivity contribution in [1.82, 2.24) is 14.5 Å². The fourth-order valence-corrected chi connectivity index (χ4v) is 9.08. The molecule has 210 valence electrons. The number of hydrogen-bond acceptors (Lipinski definition) is 4. The van der Waals surface area contributed by atoms with E-state index in [2.05, 4.69) is 144 Å². The van der Waals surface area contributed by atoms with E-state index in [4.69, 9.17) is 9.97 Å². The summed E-state index contributed by atoms with van der Waals surface area (Å²) < 4.78 is 6.26. The van der Waals surface area contributed by atoms with Gasteiger partial charge >= 0.3 is 0 Å². The number of hydrogen-bond donors (Lipinski definition) is 0. The smallest absolute Gasteiger partial charge is 0.161 e. The van der Waals surface area contributed by atoms with Gasteiger partial charge in [-0.1, -0.05) is 97.1 Å². The Labute approximate surface area is 266 Å². The summed E-state index contributed by atoms with van der Waals surface area (Å²) in [5, 5.41) is 7.55. The standard InChI is InChI=1S/C40H23N3S2/c1-2-11-24(12-3-1)38-37-29-17-6-9-20-33(29)45-40(37)42-39(41-38)25-13-10-14-26(23-25)43-30-18-7-4-15-27(30)35-31(43)21-22-34-36(35)28-16-5-8-19-32(28)44-34/h1-23H.